The third-order valence-electron chi connectivity index (χ3n) is 13.2. The highest BCUT2D eigenvalue weighted by Gasteiger charge is 2.60. The van der Waals surface area contributed by atoms with Crippen LogP contribution in [0.5, 0.6) is 0 Å². The maximum Gasteiger partial charge on any atom is 0.303 e. The van der Waals surface area contributed by atoms with Gasteiger partial charge >= 0.3 is 53.7 Å². The standard InChI is InChI=1S/C46H60N18O26.2CH4.2B.H2/c1-15(65)74-13-28-36(79-19(5)69)41(82-22(8)72)45(86-28)75-14-29-37(89-44-31(58-64-52)39(81-21(7)71)35(78-18(4)68)27(85-44)12-54-60-48)42(83-23(9)73)46(87-29)90-40-32(76-16(2)66)24(55-61-49)10-25(56-62-50)33(40)88-43-30(57-63-51)38(80-20(6)70)34(77-17(3)67)26(84-43)11-53-59-47;;;;;/h24-46H,10-14H2,1-9H3;2*1H4;;;1H/t24-,25?,26?,27-,28+,29+,30?,31?,32?,33+,34+,35+,36+,37-,38+,39?,40+,41?,42?,43+,44+,45+,46-;;;;;/m0...../s1/i;;;;;1+1. The zero-order valence-corrected chi connectivity index (χ0v) is 50.1. The molecule has 0 bridgehead atoms. The molecular weight excluding hydrogens is 1270 g/mol. The van der Waals surface area contributed by atoms with E-state index in [0.717, 1.165) is 62.3 Å². The summed E-state index contributed by atoms with van der Waals surface area (Å²) < 4.78 is 100. The molecule has 4 heterocycles. The van der Waals surface area contributed by atoms with Crippen LogP contribution < -0.4 is 0 Å². The lowest BCUT2D eigenvalue weighted by Gasteiger charge is -2.48. The van der Waals surface area contributed by atoms with Crippen LogP contribution in [0, 0.1) is 0 Å². The molecule has 8 unspecified atom stereocenters. The van der Waals surface area contributed by atoms with Crippen molar-refractivity contribution in [3.05, 3.63) is 62.7 Å². The van der Waals surface area contributed by atoms with E-state index in [4.69, 9.17) is 80.5 Å². The molecule has 4 saturated heterocycles. The fraction of sp³-hybridized carbons (Fsp3) is 0.812. The minimum Gasteiger partial charge on any atom is -0.463 e. The third-order valence-corrected chi connectivity index (χ3v) is 13.2. The number of hydrogen-bond donors (Lipinski definition) is 0. The van der Waals surface area contributed by atoms with Crippen molar-refractivity contribution in [3.63, 3.8) is 0 Å². The third kappa shape index (κ3) is 22.6. The van der Waals surface area contributed by atoms with E-state index >= 15 is 0 Å². The van der Waals surface area contributed by atoms with Crippen LogP contribution >= 0.6 is 0 Å². The first kappa shape index (κ1) is 82.9. The van der Waals surface area contributed by atoms with Crippen molar-refractivity contribution in [3.8, 4) is 0 Å². The number of hydrogen-bond acceptors (Lipinski definition) is 32. The van der Waals surface area contributed by atoms with E-state index in [1.54, 1.807) is 0 Å². The van der Waals surface area contributed by atoms with Gasteiger partial charge in [0, 0.05) is 110 Å². The topological polar surface area (TPSA) is 603 Å². The molecular formula is C48H70B2N18O26. The molecule has 5 fully saturated rings. The molecule has 514 valence electrons. The smallest absolute Gasteiger partial charge is 0.303 e. The highest BCUT2D eigenvalue weighted by atomic mass is 16.8. The summed E-state index contributed by atoms with van der Waals surface area (Å²) in [5, 5.41) is 22.0. The SMILES string of the molecule is C.C.CC(=O)OC[C@H]1O[C@@H](OC[C@H]2O[C@@H](O[C@@H]3C(OC(C)=O)[C@@H](N=[N+]=[N-])CC(N=[N+]=[N-])[C@H]3O[C@H]3OC(CN=[N+]=[N-])[C@@H](OC(C)=O)[C@H](OC(C)=O)C3N=[N+]=[N-])C(OC(C)=O)[C@H]2O[C@H]2O[C@@H](CN=[N+]=[N-])[C@@H](OC(C)=O)C(OC(C)=O)C2N=[N+]=[N-])C(OC(C)=O)[C@@H]1OC(C)=O.[2HH].[B].[B]. The molecule has 5 aliphatic rings. The van der Waals surface area contributed by atoms with Gasteiger partial charge in [0.2, 0.25) is 0 Å². The van der Waals surface area contributed by atoms with E-state index in [0.29, 0.717) is 0 Å². The summed E-state index contributed by atoms with van der Waals surface area (Å²) in [7, 11) is 0. The molecule has 0 N–H and O–H groups in total. The van der Waals surface area contributed by atoms with Crippen LogP contribution in [0.15, 0.2) is 30.7 Å². The van der Waals surface area contributed by atoms with Crippen molar-refractivity contribution < 1.29 is 125 Å². The first-order valence-electron chi connectivity index (χ1n) is 26.7. The Morgan fingerprint density at radius 1 is 0.362 bits per heavy atom. The van der Waals surface area contributed by atoms with Crippen molar-refractivity contribution in [2.75, 3.05) is 26.3 Å². The number of nitrogens with zero attached hydrogens (tertiary/aromatic N) is 18. The zero-order valence-electron chi connectivity index (χ0n) is 50.1. The van der Waals surface area contributed by atoms with Crippen LogP contribution in [0.4, 0.5) is 0 Å². The molecule has 0 aromatic carbocycles. The Labute approximate surface area is 538 Å². The molecule has 44 nitrogen and oxygen atoms in total. The Bertz CT molecular complexity index is 2990. The molecule has 94 heavy (non-hydrogen) atoms. The normalized spacial score (nSPS) is 32.6. The van der Waals surface area contributed by atoms with E-state index in [1.165, 1.54) is 0 Å². The lowest BCUT2D eigenvalue weighted by molar-refractivity contribution is -0.309. The van der Waals surface area contributed by atoms with Gasteiger partial charge in [0.1, 0.15) is 61.4 Å². The van der Waals surface area contributed by atoms with Crippen molar-refractivity contribution in [1.82, 2.24) is 0 Å². The summed E-state index contributed by atoms with van der Waals surface area (Å²) in [6.07, 6.45) is -35.6. The van der Waals surface area contributed by atoms with Crippen LogP contribution in [0.25, 0.3) is 62.7 Å². The average molecular weight is 1340 g/mol. The summed E-state index contributed by atoms with van der Waals surface area (Å²) in [5.41, 5.74) is 58.5. The summed E-state index contributed by atoms with van der Waals surface area (Å²) in [6.45, 7) is 5.66. The van der Waals surface area contributed by atoms with E-state index in [-0.39, 0.29) is 33.1 Å². The Morgan fingerprint density at radius 3 is 1.07 bits per heavy atom. The monoisotopic (exact) mass is 1340 g/mol. The average Bonchev–Trinajstić information content (AvgIpc) is 1.70. The highest BCUT2D eigenvalue weighted by molar-refractivity contribution is 5.76. The number of carbonyl (C=O) groups is 9. The molecule has 23 atom stereocenters. The number of esters is 9. The molecule has 0 spiro atoms. The van der Waals surface area contributed by atoms with Gasteiger partial charge in [0.05, 0.1) is 37.9 Å². The quantitative estimate of drug-likeness (QED) is 0.0283. The van der Waals surface area contributed by atoms with E-state index in [9.17, 15) is 76.3 Å². The first-order chi connectivity index (χ1) is 42.8. The largest absolute Gasteiger partial charge is 0.463 e. The molecule has 6 radical (unpaired) electrons. The van der Waals surface area contributed by atoms with Gasteiger partial charge in [-0.2, -0.15) is 0 Å². The second-order valence-electron chi connectivity index (χ2n) is 19.7. The minimum absolute atomic E-state index is 0. The molecule has 1 aliphatic carbocycles. The van der Waals surface area contributed by atoms with Crippen LogP contribution in [0.2, 0.25) is 0 Å². The number of rotatable bonds is 27. The van der Waals surface area contributed by atoms with Crippen LogP contribution in [-0.2, 0) is 124 Å². The number of azide groups is 6. The Morgan fingerprint density at radius 2 is 0.681 bits per heavy atom. The van der Waals surface area contributed by atoms with Gasteiger partial charge in [-0.25, -0.2) is 0 Å². The van der Waals surface area contributed by atoms with Gasteiger partial charge in [0.25, 0.3) is 0 Å². The van der Waals surface area contributed by atoms with Crippen molar-refractivity contribution >= 4 is 70.5 Å². The number of carbonyl (C=O) groups excluding carboxylic acids is 9. The van der Waals surface area contributed by atoms with Crippen molar-refractivity contribution in [2.24, 2.45) is 30.7 Å². The minimum atomic E-state index is -2.21. The second-order valence-corrected chi connectivity index (χ2v) is 19.7. The maximum atomic E-state index is 13.5. The fourth-order valence-corrected chi connectivity index (χ4v) is 10.3. The summed E-state index contributed by atoms with van der Waals surface area (Å²) >= 11 is 0. The summed E-state index contributed by atoms with van der Waals surface area (Å²) in [6, 6.07) is -7.10. The summed E-state index contributed by atoms with van der Waals surface area (Å²) in [5.74, 6) is -9.06. The molecule has 4 aliphatic heterocycles. The van der Waals surface area contributed by atoms with Crippen molar-refractivity contribution in [2.45, 2.75) is 224 Å². The molecule has 0 aromatic rings. The Kier molecular flexibility index (Phi) is 34.8. The second kappa shape index (κ2) is 39.4. The van der Waals surface area contributed by atoms with Gasteiger partial charge in [-0.05, 0) is 39.6 Å². The predicted molar refractivity (Wildman–Crippen MR) is 308 cm³/mol. The van der Waals surface area contributed by atoms with Gasteiger partial charge in [-0.1, -0.05) is 45.5 Å². The Hall–Kier alpha value is -9.10. The highest BCUT2D eigenvalue weighted by Crippen LogP contribution is 2.42. The van der Waals surface area contributed by atoms with E-state index in [1.807, 2.05) is 0 Å². The molecule has 1 saturated carbocycles. The predicted octanol–water partition coefficient (Wildman–Crippen LogP) is 3.57. The maximum absolute atomic E-state index is 13.5. The van der Waals surface area contributed by atoms with Gasteiger partial charge in [0.15, 0.2) is 67.9 Å². The fourth-order valence-electron chi connectivity index (χ4n) is 10.3. The molecule has 0 amide bonds. The van der Waals surface area contributed by atoms with Crippen LogP contribution in [-0.4, -0.2) is 238 Å². The van der Waals surface area contributed by atoms with Gasteiger partial charge in [-0.15, -0.1) is 0 Å². The lowest BCUT2D eigenvalue weighted by Crippen LogP contribution is -2.65. The van der Waals surface area contributed by atoms with Gasteiger partial charge in [-0.3, -0.25) is 43.2 Å². The van der Waals surface area contributed by atoms with Gasteiger partial charge < -0.3 is 80.5 Å². The summed E-state index contributed by atoms with van der Waals surface area (Å²) in [4.78, 5) is 131. The van der Waals surface area contributed by atoms with Crippen molar-refractivity contribution in [1.29, 1.82) is 0 Å². The van der Waals surface area contributed by atoms with E-state index < -0.39 is 227 Å². The van der Waals surface area contributed by atoms with E-state index in [2.05, 4.69) is 60.2 Å². The number of ether oxygens (including phenoxy) is 17. The van der Waals surface area contributed by atoms with Crippen LogP contribution in [0.3, 0.4) is 0 Å². The first-order valence-corrected chi connectivity index (χ1v) is 26.7. The van der Waals surface area contributed by atoms with Crippen LogP contribution in [0.1, 0.15) is 85.0 Å². The molecule has 46 heteroatoms. The zero-order chi connectivity index (χ0) is 66.5. The molecule has 0 aromatic heterocycles. The lowest BCUT2D eigenvalue weighted by atomic mass is 9.83. The Balaban J connectivity index is 0.0000177. The molecule has 5 rings (SSSR count).